The van der Waals surface area contributed by atoms with E-state index in [0.717, 1.165) is 28.8 Å². The molecule has 0 spiro atoms. The van der Waals surface area contributed by atoms with E-state index in [2.05, 4.69) is 52.7 Å². The van der Waals surface area contributed by atoms with Crippen LogP contribution in [0.25, 0.3) is 0 Å². The van der Waals surface area contributed by atoms with Crippen LogP contribution in [-0.2, 0) is 0 Å². The van der Waals surface area contributed by atoms with Gasteiger partial charge in [0, 0.05) is 29.6 Å². The Morgan fingerprint density at radius 1 is 1.28 bits per heavy atom. The fourth-order valence-electron chi connectivity index (χ4n) is 2.47. The third-order valence-electron chi connectivity index (χ3n) is 3.78. The van der Waals surface area contributed by atoms with Crippen molar-refractivity contribution < 1.29 is 0 Å². The fraction of sp³-hybridized carbons (Fsp3) is 0.500. The second kappa shape index (κ2) is 5.29. The molecule has 1 aromatic carbocycles. The number of anilines is 1. The first-order valence-electron chi connectivity index (χ1n) is 6.19. The number of nitriles is 1. The highest BCUT2D eigenvalue weighted by molar-refractivity contribution is 9.10. The van der Waals surface area contributed by atoms with Crippen LogP contribution in [0.2, 0.25) is 0 Å². The van der Waals surface area contributed by atoms with Gasteiger partial charge in [-0.3, -0.25) is 4.90 Å². The van der Waals surface area contributed by atoms with E-state index >= 15 is 0 Å². The SMILES string of the molecule is CC1CN(c2ccc(Br)cc2C#N)CC(C)N1C. The second-order valence-electron chi connectivity index (χ2n) is 5.04. The smallest absolute Gasteiger partial charge is 0.101 e. The van der Waals surface area contributed by atoms with Crippen molar-refractivity contribution in [1.82, 2.24) is 4.90 Å². The average molecular weight is 308 g/mol. The molecular formula is C14H18BrN3. The Morgan fingerprint density at radius 3 is 2.44 bits per heavy atom. The summed E-state index contributed by atoms with van der Waals surface area (Å²) < 4.78 is 0.957. The Bertz CT molecular complexity index is 468. The van der Waals surface area contributed by atoms with Gasteiger partial charge in [0.25, 0.3) is 0 Å². The number of hydrogen-bond donors (Lipinski definition) is 0. The molecule has 0 radical (unpaired) electrons. The summed E-state index contributed by atoms with van der Waals surface area (Å²) in [4.78, 5) is 4.71. The van der Waals surface area contributed by atoms with Crippen molar-refractivity contribution in [3.05, 3.63) is 28.2 Å². The Balaban J connectivity index is 2.30. The number of hydrogen-bond acceptors (Lipinski definition) is 3. The summed E-state index contributed by atoms with van der Waals surface area (Å²) >= 11 is 3.42. The van der Waals surface area contributed by atoms with Gasteiger partial charge in [-0.05, 0) is 39.1 Å². The van der Waals surface area contributed by atoms with Gasteiger partial charge in [0.2, 0.25) is 0 Å². The number of likely N-dealkylation sites (N-methyl/N-ethyl adjacent to an activating group) is 1. The van der Waals surface area contributed by atoms with E-state index in [1.807, 2.05) is 18.2 Å². The average Bonchev–Trinajstić information content (AvgIpc) is 2.35. The number of benzene rings is 1. The van der Waals surface area contributed by atoms with E-state index in [-0.39, 0.29) is 0 Å². The van der Waals surface area contributed by atoms with Gasteiger partial charge < -0.3 is 4.90 Å². The standard InChI is InChI=1S/C14H18BrN3/c1-10-8-18(9-11(2)17(10)3)14-5-4-13(15)6-12(14)7-16/h4-6,10-11H,8-9H2,1-3H3. The third-order valence-corrected chi connectivity index (χ3v) is 4.27. The number of rotatable bonds is 1. The predicted octanol–water partition coefficient (Wildman–Crippen LogP) is 2.85. The van der Waals surface area contributed by atoms with Gasteiger partial charge in [-0.25, -0.2) is 0 Å². The second-order valence-corrected chi connectivity index (χ2v) is 5.96. The first-order valence-corrected chi connectivity index (χ1v) is 6.98. The molecule has 1 aliphatic heterocycles. The Labute approximate surface area is 117 Å². The topological polar surface area (TPSA) is 30.3 Å². The van der Waals surface area contributed by atoms with Crippen LogP contribution in [0, 0.1) is 11.3 Å². The molecule has 1 aliphatic rings. The molecule has 0 amide bonds. The lowest BCUT2D eigenvalue weighted by molar-refractivity contribution is 0.170. The van der Waals surface area contributed by atoms with Gasteiger partial charge in [0.1, 0.15) is 6.07 Å². The van der Waals surface area contributed by atoms with Crippen LogP contribution in [0.3, 0.4) is 0 Å². The van der Waals surface area contributed by atoms with E-state index in [1.54, 1.807) is 0 Å². The van der Waals surface area contributed by atoms with Crippen LogP contribution >= 0.6 is 15.9 Å². The molecule has 96 valence electrons. The number of halogens is 1. The molecule has 18 heavy (non-hydrogen) atoms. The molecule has 0 N–H and O–H groups in total. The summed E-state index contributed by atoms with van der Waals surface area (Å²) in [7, 11) is 2.17. The van der Waals surface area contributed by atoms with E-state index in [4.69, 9.17) is 0 Å². The van der Waals surface area contributed by atoms with Crippen LogP contribution in [0.5, 0.6) is 0 Å². The van der Waals surface area contributed by atoms with Gasteiger partial charge >= 0.3 is 0 Å². The molecule has 0 aliphatic carbocycles. The van der Waals surface area contributed by atoms with Crippen molar-refractivity contribution in [1.29, 1.82) is 5.26 Å². The number of nitrogens with zero attached hydrogens (tertiary/aromatic N) is 3. The lowest BCUT2D eigenvalue weighted by Gasteiger charge is -2.43. The first kappa shape index (κ1) is 13.4. The lowest BCUT2D eigenvalue weighted by atomic mass is 10.1. The highest BCUT2D eigenvalue weighted by atomic mass is 79.9. The zero-order valence-corrected chi connectivity index (χ0v) is 12.6. The van der Waals surface area contributed by atoms with Gasteiger partial charge in [-0.1, -0.05) is 15.9 Å². The normalized spacial score (nSPS) is 24.9. The quantitative estimate of drug-likeness (QED) is 0.799. The molecule has 2 unspecified atom stereocenters. The summed E-state index contributed by atoms with van der Waals surface area (Å²) in [5.74, 6) is 0. The van der Waals surface area contributed by atoms with Gasteiger partial charge in [-0.15, -0.1) is 0 Å². The van der Waals surface area contributed by atoms with E-state index in [1.165, 1.54) is 0 Å². The highest BCUT2D eigenvalue weighted by Crippen LogP contribution is 2.27. The maximum atomic E-state index is 9.25. The minimum atomic E-state index is 0.504. The first-order chi connectivity index (χ1) is 8.52. The molecule has 0 aromatic heterocycles. The molecule has 0 saturated carbocycles. The molecule has 2 atom stereocenters. The Hall–Kier alpha value is -1.05. The predicted molar refractivity (Wildman–Crippen MR) is 77.8 cm³/mol. The van der Waals surface area contributed by atoms with Gasteiger partial charge in [0.15, 0.2) is 0 Å². The zero-order chi connectivity index (χ0) is 13.3. The van der Waals surface area contributed by atoms with Crippen molar-refractivity contribution in [3.8, 4) is 6.07 Å². The van der Waals surface area contributed by atoms with Crippen molar-refractivity contribution in [2.24, 2.45) is 0 Å². The molecule has 1 fully saturated rings. The maximum Gasteiger partial charge on any atom is 0.101 e. The van der Waals surface area contributed by atoms with Crippen LogP contribution in [0.4, 0.5) is 5.69 Å². The molecule has 1 aromatic rings. The minimum Gasteiger partial charge on any atom is -0.367 e. The lowest BCUT2D eigenvalue weighted by Crippen LogP contribution is -2.55. The monoisotopic (exact) mass is 307 g/mol. The largest absolute Gasteiger partial charge is 0.367 e. The van der Waals surface area contributed by atoms with Crippen molar-refractivity contribution in [3.63, 3.8) is 0 Å². The van der Waals surface area contributed by atoms with Crippen molar-refractivity contribution in [2.75, 3.05) is 25.0 Å². The zero-order valence-electron chi connectivity index (χ0n) is 11.0. The van der Waals surface area contributed by atoms with E-state index < -0.39 is 0 Å². The summed E-state index contributed by atoms with van der Waals surface area (Å²) in [6, 6.07) is 9.23. The van der Waals surface area contributed by atoms with Crippen molar-refractivity contribution >= 4 is 21.6 Å². The summed E-state index contributed by atoms with van der Waals surface area (Å²) in [6.07, 6.45) is 0. The molecule has 3 nitrogen and oxygen atoms in total. The molecule has 0 bridgehead atoms. The summed E-state index contributed by atoms with van der Waals surface area (Å²) in [5.41, 5.74) is 1.79. The van der Waals surface area contributed by atoms with Crippen LogP contribution in [-0.4, -0.2) is 37.1 Å². The third kappa shape index (κ3) is 2.52. The van der Waals surface area contributed by atoms with Crippen LogP contribution < -0.4 is 4.90 Å². The maximum absolute atomic E-state index is 9.25. The summed E-state index contributed by atoms with van der Waals surface area (Å²) in [6.45, 7) is 6.40. The number of piperazine rings is 1. The van der Waals surface area contributed by atoms with E-state index in [0.29, 0.717) is 12.1 Å². The Morgan fingerprint density at radius 2 is 1.89 bits per heavy atom. The van der Waals surface area contributed by atoms with Gasteiger partial charge in [0.05, 0.1) is 11.3 Å². The fourth-order valence-corrected chi connectivity index (χ4v) is 2.84. The van der Waals surface area contributed by atoms with Crippen molar-refractivity contribution in [2.45, 2.75) is 25.9 Å². The van der Waals surface area contributed by atoms with Crippen LogP contribution in [0.1, 0.15) is 19.4 Å². The molecular weight excluding hydrogens is 290 g/mol. The van der Waals surface area contributed by atoms with E-state index in [9.17, 15) is 5.26 Å². The molecule has 1 saturated heterocycles. The minimum absolute atomic E-state index is 0.504. The van der Waals surface area contributed by atoms with Crippen LogP contribution in [0.15, 0.2) is 22.7 Å². The molecule has 2 rings (SSSR count). The Kier molecular flexibility index (Phi) is 3.94. The highest BCUT2D eigenvalue weighted by Gasteiger charge is 2.27. The molecule has 1 heterocycles. The summed E-state index contributed by atoms with van der Waals surface area (Å²) in [5, 5.41) is 9.25. The van der Waals surface area contributed by atoms with Gasteiger partial charge in [-0.2, -0.15) is 5.26 Å². The molecule has 4 heteroatoms.